The second-order valence-corrected chi connectivity index (χ2v) is 11.4. The van der Waals surface area contributed by atoms with Gasteiger partial charge in [-0.05, 0) is 80.6 Å². The number of nitrogens with zero attached hydrogens (tertiary/aromatic N) is 1. The average molecular weight is 501 g/mol. The lowest BCUT2D eigenvalue weighted by Gasteiger charge is -2.58. The van der Waals surface area contributed by atoms with Crippen molar-refractivity contribution in [1.82, 2.24) is 5.32 Å². The van der Waals surface area contributed by atoms with E-state index < -0.39 is 42.5 Å². The monoisotopic (exact) mass is 500 g/mol. The van der Waals surface area contributed by atoms with E-state index in [0.717, 1.165) is 44.2 Å². The number of hydrogen-bond acceptors (Lipinski definition) is 6. The Kier molecular flexibility index (Phi) is 6.95. The molecule has 4 unspecified atom stereocenters. The highest BCUT2D eigenvalue weighted by Gasteiger charge is 2.63. The first-order valence-electron chi connectivity index (χ1n) is 12.8. The molecule has 0 bridgehead atoms. The number of oxime groups is 1. The van der Waals surface area contributed by atoms with Gasteiger partial charge in [0.15, 0.2) is 6.61 Å². The molecule has 0 spiro atoms. The number of carbonyl (C=O) groups excluding carboxylic acids is 1. The van der Waals surface area contributed by atoms with Gasteiger partial charge >= 0.3 is 11.9 Å². The van der Waals surface area contributed by atoms with Crippen molar-refractivity contribution in [2.24, 2.45) is 33.7 Å². The fourth-order valence-corrected chi connectivity index (χ4v) is 7.68. The third-order valence-electron chi connectivity index (χ3n) is 9.76. The van der Waals surface area contributed by atoms with Crippen molar-refractivity contribution in [3.63, 3.8) is 0 Å². The Morgan fingerprint density at radius 3 is 2.56 bits per heavy atom. The van der Waals surface area contributed by atoms with Crippen LogP contribution in [0.3, 0.4) is 0 Å². The highest BCUT2D eigenvalue weighted by molar-refractivity contribution is 5.96. The summed E-state index contributed by atoms with van der Waals surface area (Å²) in [6, 6.07) is -1.52. The molecule has 3 fully saturated rings. The molecule has 4 aliphatic carbocycles. The molecule has 9 heteroatoms. The van der Waals surface area contributed by atoms with Gasteiger partial charge in [0.2, 0.25) is 0 Å². The van der Waals surface area contributed by atoms with Crippen LogP contribution in [0.2, 0.25) is 0 Å². The van der Waals surface area contributed by atoms with Gasteiger partial charge in [-0.15, -0.1) is 6.42 Å². The summed E-state index contributed by atoms with van der Waals surface area (Å²) in [5.41, 5.74) is 0.928. The van der Waals surface area contributed by atoms with Gasteiger partial charge in [-0.25, -0.2) is 4.79 Å². The molecule has 4 rings (SSSR count). The van der Waals surface area contributed by atoms with Gasteiger partial charge < -0.3 is 25.5 Å². The van der Waals surface area contributed by atoms with E-state index >= 15 is 0 Å². The second kappa shape index (κ2) is 9.55. The first kappa shape index (κ1) is 26.2. The van der Waals surface area contributed by atoms with E-state index in [9.17, 15) is 19.5 Å². The molecule has 0 aliphatic heterocycles. The number of rotatable bonds is 7. The first-order valence-corrected chi connectivity index (χ1v) is 12.8. The van der Waals surface area contributed by atoms with Crippen LogP contribution in [0, 0.1) is 40.9 Å². The third kappa shape index (κ3) is 4.40. The van der Waals surface area contributed by atoms with Crippen LogP contribution in [0.15, 0.2) is 16.8 Å². The number of aliphatic hydroxyl groups is 1. The molecular weight excluding hydrogens is 464 g/mol. The second-order valence-electron chi connectivity index (χ2n) is 11.4. The van der Waals surface area contributed by atoms with E-state index in [1.54, 1.807) is 0 Å². The van der Waals surface area contributed by atoms with Crippen LogP contribution in [0.5, 0.6) is 0 Å². The Morgan fingerprint density at radius 1 is 1.17 bits per heavy atom. The SMILES string of the molecule is C#C[C@@]1(O)CCC2C3CCC4=CC(=NOCC(=O)NC(CC(=O)O)C(=O)O)CC[C@]4(C)C3CC[C@@]21C. The predicted octanol–water partition coefficient (Wildman–Crippen LogP) is 2.73. The average Bonchev–Trinajstić information content (AvgIpc) is 3.09. The van der Waals surface area contributed by atoms with Gasteiger partial charge in [0, 0.05) is 5.41 Å². The van der Waals surface area contributed by atoms with Crippen LogP contribution in [-0.2, 0) is 19.2 Å². The van der Waals surface area contributed by atoms with Gasteiger partial charge in [-0.1, -0.05) is 30.5 Å². The largest absolute Gasteiger partial charge is 0.481 e. The van der Waals surface area contributed by atoms with Crippen LogP contribution in [-0.4, -0.2) is 57.1 Å². The van der Waals surface area contributed by atoms with Crippen molar-refractivity contribution in [2.75, 3.05) is 6.61 Å². The molecular formula is C27H36N2O7. The predicted molar refractivity (Wildman–Crippen MR) is 131 cm³/mol. The van der Waals surface area contributed by atoms with Crippen LogP contribution >= 0.6 is 0 Å². The number of carbonyl (C=O) groups is 3. The molecule has 0 aromatic rings. The van der Waals surface area contributed by atoms with Crippen molar-refractivity contribution in [3.05, 3.63) is 11.6 Å². The number of fused-ring (bicyclic) bond motifs is 5. The van der Waals surface area contributed by atoms with E-state index in [0.29, 0.717) is 30.6 Å². The van der Waals surface area contributed by atoms with Crippen molar-refractivity contribution in [2.45, 2.75) is 83.3 Å². The molecule has 0 aromatic heterocycles. The summed E-state index contributed by atoms with van der Waals surface area (Å²) in [5, 5.41) is 35.2. The van der Waals surface area contributed by atoms with E-state index in [1.165, 1.54) is 5.57 Å². The number of terminal acetylenes is 1. The zero-order valence-corrected chi connectivity index (χ0v) is 21.0. The molecule has 4 aliphatic rings. The van der Waals surface area contributed by atoms with Gasteiger partial charge in [-0.3, -0.25) is 9.59 Å². The molecule has 0 aromatic carbocycles. The molecule has 3 saturated carbocycles. The maximum absolute atomic E-state index is 12.0. The van der Waals surface area contributed by atoms with Crippen LogP contribution in [0.1, 0.15) is 71.6 Å². The molecule has 36 heavy (non-hydrogen) atoms. The summed E-state index contributed by atoms with van der Waals surface area (Å²) < 4.78 is 0. The number of nitrogens with one attached hydrogen (secondary N) is 1. The Morgan fingerprint density at radius 2 is 1.89 bits per heavy atom. The van der Waals surface area contributed by atoms with Crippen molar-refractivity contribution < 1.29 is 34.5 Å². The molecule has 0 radical (unpaired) electrons. The first-order chi connectivity index (χ1) is 16.9. The van der Waals surface area contributed by atoms with E-state index in [1.807, 2.05) is 0 Å². The Labute approximate surface area is 211 Å². The lowest BCUT2D eigenvalue weighted by molar-refractivity contribution is -0.147. The Bertz CT molecular complexity index is 1050. The molecule has 4 N–H and O–H groups in total. The van der Waals surface area contributed by atoms with Crippen molar-refractivity contribution in [3.8, 4) is 12.3 Å². The van der Waals surface area contributed by atoms with Crippen LogP contribution < -0.4 is 5.32 Å². The maximum atomic E-state index is 12.0. The summed E-state index contributed by atoms with van der Waals surface area (Å²) in [7, 11) is 0. The minimum atomic E-state index is -1.52. The lowest BCUT2D eigenvalue weighted by atomic mass is 9.46. The molecule has 0 heterocycles. The number of amides is 1. The minimum absolute atomic E-state index is 0.0586. The fraction of sp³-hybridized carbons (Fsp3) is 0.704. The van der Waals surface area contributed by atoms with Gasteiger partial charge in [0.1, 0.15) is 11.6 Å². The molecule has 196 valence electrons. The van der Waals surface area contributed by atoms with Gasteiger partial charge in [-0.2, -0.15) is 0 Å². The van der Waals surface area contributed by atoms with Gasteiger partial charge in [0.25, 0.3) is 5.91 Å². The topological polar surface area (TPSA) is 146 Å². The summed E-state index contributed by atoms with van der Waals surface area (Å²) in [5.74, 6) is 0.754. The van der Waals surface area contributed by atoms with Gasteiger partial charge in [0.05, 0.1) is 12.1 Å². The quantitative estimate of drug-likeness (QED) is 0.311. The van der Waals surface area contributed by atoms with Crippen LogP contribution in [0.25, 0.3) is 0 Å². The number of allylic oxidation sites excluding steroid dienone is 2. The lowest BCUT2D eigenvalue weighted by Crippen LogP contribution is -2.54. The number of carboxylic acid groups (broad SMARTS) is 2. The summed E-state index contributed by atoms with van der Waals surface area (Å²) in [6.45, 7) is 4.05. The zero-order valence-electron chi connectivity index (χ0n) is 21.0. The Hall–Kier alpha value is -2.86. The summed E-state index contributed by atoms with van der Waals surface area (Å²) in [4.78, 5) is 39.1. The molecule has 1 amide bonds. The van der Waals surface area contributed by atoms with Crippen LogP contribution in [0.4, 0.5) is 0 Å². The summed E-state index contributed by atoms with van der Waals surface area (Å²) >= 11 is 0. The number of hydrogen-bond donors (Lipinski definition) is 4. The fourth-order valence-electron chi connectivity index (χ4n) is 7.68. The van der Waals surface area contributed by atoms with Crippen molar-refractivity contribution >= 4 is 23.6 Å². The zero-order chi connectivity index (χ0) is 26.3. The highest BCUT2D eigenvalue weighted by atomic mass is 16.6. The number of aliphatic carboxylic acids is 2. The van der Waals surface area contributed by atoms with E-state index in [4.69, 9.17) is 21.5 Å². The standard InChI is InChI=1S/C27H36N2O7/c1-4-27(35)12-9-20-18-6-5-16-13-17(7-10-25(16,2)19(18)8-11-26(20,27)3)29-36-15-22(30)28-21(24(33)34)14-23(31)32/h1,13,18-21,35H,5-12,14-15H2,2-3H3,(H,28,30)(H,31,32)(H,33,34)/t18?,19?,20?,21?,25-,26-,27+/m0/s1. The molecule has 9 nitrogen and oxygen atoms in total. The normalized spacial score (nSPS) is 39.0. The Balaban J connectivity index is 1.40. The molecule has 0 saturated heterocycles. The van der Waals surface area contributed by atoms with E-state index in [-0.39, 0.29) is 10.8 Å². The van der Waals surface area contributed by atoms with Crippen molar-refractivity contribution in [1.29, 1.82) is 0 Å². The van der Waals surface area contributed by atoms with E-state index in [2.05, 4.69) is 36.3 Å². The third-order valence-corrected chi connectivity index (χ3v) is 9.76. The summed E-state index contributed by atoms with van der Waals surface area (Å²) in [6.07, 6.45) is 14.4. The minimum Gasteiger partial charge on any atom is -0.481 e. The highest BCUT2D eigenvalue weighted by Crippen LogP contribution is 2.67. The molecule has 7 atom stereocenters. The maximum Gasteiger partial charge on any atom is 0.326 e. The smallest absolute Gasteiger partial charge is 0.326 e. The number of carboxylic acids is 2.